The van der Waals surface area contributed by atoms with Crippen LogP contribution in [0.25, 0.3) is 0 Å². The average Bonchev–Trinajstić information content (AvgIpc) is 2.13. The van der Waals surface area contributed by atoms with Crippen LogP contribution in [0.4, 0.5) is 8.78 Å². The minimum Gasteiger partial charge on any atom is -0.305 e. The summed E-state index contributed by atoms with van der Waals surface area (Å²) in [5.74, 6) is -3.34. The first kappa shape index (κ1) is 9.36. The number of alkyl halides is 2. The Morgan fingerprint density at radius 2 is 2.08 bits per heavy atom. The number of halogens is 2. The number of nitrogens with one attached hydrogen (secondary N) is 1. The lowest BCUT2D eigenvalue weighted by Gasteiger charge is -2.15. The van der Waals surface area contributed by atoms with Gasteiger partial charge in [-0.2, -0.15) is 0 Å². The fraction of sp³-hybridized carbons (Fsp3) is 0.667. The van der Waals surface area contributed by atoms with Crippen LogP contribution in [0.15, 0.2) is 11.1 Å². The Balaban J connectivity index is 3.06. The average molecular weight is 173 g/mol. The fourth-order valence-electron chi connectivity index (χ4n) is 1.59. The molecule has 0 aromatic carbocycles. The Bertz CT molecular complexity index is 253. The molecule has 0 saturated carbocycles. The molecule has 0 aliphatic heterocycles. The van der Waals surface area contributed by atoms with Gasteiger partial charge in [-0.15, -0.1) is 0 Å². The van der Waals surface area contributed by atoms with Crippen molar-refractivity contribution in [3.8, 4) is 0 Å². The van der Waals surface area contributed by atoms with Crippen LogP contribution in [-0.4, -0.2) is 11.6 Å². The molecule has 1 N–H and O–H groups in total. The first-order chi connectivity index (χ1) is 5.37. The summed E-state index contributed by atoms with van der Waals surface area (Å²) in [6, 6.07) is 0. The van der Waals surface area contributed by atoms with E-state index in [9.17, 15) is 8.78 Å². The zero-order valence-corrected chi connectivity index (χ0v) is 7.54. The highest BCUT2D eigenvalue weighted by Crippen LogP contribution is 2.44. The molecule has 0 spiro atoms. The van der Waals surface area contributed by atoms with Crippen molar-refractivity contribution in [2.75, 3.05) is 0 Å². The zero-order chi connectivity index (χ0) is 9.52. The van der Waals surface area contributed by atoms with E-state index in [1.165, 1.54) is 13.8 Å². The lowest BCUT2D eigenvalue weighted by atomic mass is 10.0. The molecule has 0 bridgehead atoms. The van der Waals surface area contributed by atoms with Gasteiger partial charge in [-0.1, -0.05) is 6.92 Å². The van der Waals surface area contributed by atoms with Gasteiger partial charge in [-0.05, 0) is 25.8 Å². The predicted molar refractivity (Wildman–Crippen MR) is 44.8 cm³/mol. The van der Waals surface area contributed by atoms with E-state index in [0.29, 0.717) is 12.0 Å². The molecule has 1 unspecified atom stereocenters. The summed E-state index contributed by atoms with van der Waals surface area (Å²) in [7, 11) is 0. The summed E-state index contributed by atoms with van der Waals surface area (Å²) >= 11 is 0. The summed E-state index contributed by atoms with van der Waals surface area (Å²) in [4.78, 5) is 0. The molecule has 0 heterocycles. The Labute approximate surface area is 71.0 Å². The van der Waals surface area contributed by atoms with Crippen molar-refractivity contribution in [3.05, 3.63) is 11.1 Å². The van der Waals surface area contributed by atoms with Crippen LogP contribution in [0.1, 0.15) is 27.2 Å². The summed E-state index contributed by atoms with van der Waals surface area (Å²) in [6.07, 6.45) is 0.341. The van der Waals surface area contributed by atoms with Crippen molar-refractivity contribution >= 4 is 5.71 Å². The first-order valence-corrected chi connectivity index (χ1v) is 4.01. The third kappa shape index (κ3) is 1.17. The van der Waals surface area contributed by atoms with Gasteiger partial charge in [-0.25, -0.2) is 8.78 Å². The highest BCUT2D eigenvalue weighted by molar-refractivity contribution is 5.97. The van der Waals surface area contributed by atoms with Gasteiger partial charge < -0.3 is 5.41 Å². The van der Waals surface area contributed by atoms with Crippen molar-refractivity contribution in [1.82, 2.24) is 0 Å². The molecule has 3 heteroatoms. The molecule has 1 aliphatic rings. The molecule has 0 fully saturated rings. The predicted octanol–water partition coefficient (Wildman–Crippen LogP) is 3.02. The third-order valence-electron chi connectivity index (χ3n) is 2.53. The Morgan fingerprint density at radius 3 is 2.25 bits per heavy atom. The first-order valence-electron chi connectivity index (χ1n) is 4.01. The van der Waals surface area contributed by atoms with Gasteiger partial charge in [0.2, 0.25) is 0 Å². The molecule has 12 heavy (non-hydrogen) atoms. The minimum absolute atomic E-state index is 0.0856. The lowest BCUT2D eigenvalue weighted by Crippen LogP contribution is -2.21. The quantitative estimate of drug-likeness (QED) is 0.589. The highest BCUT2D eigenvalue weighted by atomic mass is 19.3. The van der Waals surface area contributed by atoms with Gasteiger partial charge in [0.15, 0.2) is 0 Å². The van der Waals surface area contributed by atoms with Crippen LogP contribution in [-0.2, 0) is 0 Å². The van der Waals surface area contributed by atoms with E-state index in [1.54, 1.807) is 6.92 Å². The van der Waals surface area contributed by atoms with Crippen LogP contribution >= 0.6 is 0 Å². The molecular weight excluding hydrogens is 160 g/mol. The fourth-order valence-corrected chi connectivity index (χ4v) is 1.59. The minimum atomic E-state index is -2.70. The highest BCUT2D eigenvalue weighted by Gasteiger charge is 2.45. The largest absolute Gasteiger partial charge is 0.305 e. The summed E-state index contributed by atoms with van der Waals surface area (Å²) in [5.41, 5.74) is 0.895. The van der Waals surface area contributed by atoms with Crippen LogP contribution in [0.5, 0.6) is 0 Å². The van der Waals surface area contributed by atoms with Crippen molar-refractivity contribution < 1.29 is 8.78 Å². The molecule has 0 aromatic heterocycles. The van der Waals surface area contributed by atoms with Crippen molar-refractivity contribution in [3.63, 3.8) is 0 Å². The zero-order valence-electron chi connectivity index (χ0n) is 7.54. The number of hydrogen-bond acceptors (Lipinski definition) is 1. The maximum Gasteiger partial charge on any atom is 0.272 e. The Morgan fingerprint density at radius 1 is 1.58 bits per heavy atom. The van der Waals surface area contributed by atoms with E-state index in [1.807, 2.05) is 0 Å². The normalized spacial score (nSPS) is 27.9. The Kier molecular flexibility index (Phi) is 2.06. The van der Waals surface area contributed by atoms with E-state index >= 15 is 0 Å². The Hall–Kier alpha value is -0.730. The van der Waals surface area contributed by atoms with E-state index < -0.39 is 11.8 Å². The van der Waals surface area contributed by atoms with Gasteiger partial charge in [0.05, 0.1) is 0 Å². The van der Waals surface area contributed by atoms with E-state index in [-0.39, 0.29) is 11.3 Å². The molecule has 0 amide bonds. The van der Waals surface area contributed by atoms with Gasteiger partial charge >= 0.3 is 0 Å². The molecule has 1 rings (SSSR count). The van der Waals surface area contributed by atoms with Crippen LogP contribution in [0, 0.1) is 11.3 Å². The van der Waals surface area contributed by atoms with Gasteiger partial charge in [0.25, 0.3) is 5.92 Å². The molecule has 0 radical (unpaired) electrons. The maximum absolute atomic E-state index is 13.2. The van der Waals surface area contributed by atoms with Gasteiger partial charge in [0.1, 0.15) is 0 Å². The van der Waals surface area contributed by atoms with Crippen molar-refractivity contribution in [2.24, 2.45) is 5.92 Å². The second kappa shape index (κ2) is 2.64. The molecule has 0 saturated heterocycles. The number of allylic oxidation sites excluding steroid dienone is 2. The smallest absolute Gasteiger partial charge is 0.272 e. The molecule has 1 atom stereocenters. The van der Waals surface area contributed by atoms with E-state index in [2.05, 4.69) is 0 Å². The van der Waals surface area contributed by atoms with Gasteiger partial charge in [0, 0.05) is 17.2 Å². The molecule has 0 aromatic rings. The summed E-state index contributed by atoms with van der Waals surface area (Å²) in [5, 5.41) is 7.30. The van der Waals surface area contributed by atoms with Crippen molar-refractivity contribution in [1.29, 1.82) is 5.41 Å². The lowest BCUT2D eigenvalue weighted by molar-refractivity contribution is -0.000985. The number of hydrogen-bond donors (Lipinski definition) is 1. The van der Waals surface area contributed by atoms with E-state index in [0.717, 1.165) is 0 Å². The summed E-state index contributed by atoms with van der Waals surface area (Å²) in [6.45, 7) is 4.52. The van der Waals surface area contributed by atoms with E-state index in [4.69, 9.17) is 5.41 Å². The topological polar surface area (TPSA) is 23.9 Å². The standard InChI is InChI=1S/C9H13F2N/c1-5-4-8(7(3)12)6(2)9(5,10)11/h5,12H,4H2,1-3H3. The molecular formula is C9H13F2N. The van der Waals surface area contributed by atoms with Crippen molar-refractivity contribution in [2.45, 2.75) is 33.1 Å². The van der Waals surface area contributed by atoms with Crippen LogP contribution < -0.4 is 0 Å². The van der Waals surface area contributed by atoms with Crippen LogP contribution in [0.3, 0.4) is 0 Å². The van der Waals surface area contributed by atoms with Gasteiger partial charge in [-0.3, -0.25) is 0 Å². The maximum atomic E-state index is 13.2. The second-order valence-corrected chi connectivity index (χ2v) is 3.46. The molecule has 68 valence electrons. The van der Waals surface area contributed by atoms with Crippen LogP contribution in [0.2, 0.25) is 0 Å². The molecule has 1 nitrogen and oxygen atoms in total. The monoisotopic (exact) mass is 173 g/mol. The molecule has 1 aliphatic carbocycles. The second-order valence-electron chi connectivity index (χ2n) is 3.46. The third-order valence-corrected chi connectivity index (χ3v) is 2.53. The number of rotatable bonds is 1. The SMILES string of the molecule is CC(=N)C1=C(C)C(F)(F)C(C)C1. The summed E-state index contributed by atoms with van der Waals surface area (Å²) < 4.78 is 26.4.